The van der Waals surface area contributed by atoms with Crippen LogP contribution < -0.4 is 0 Å². The van der Waals surface area contributed by atoms with Crippen LogP contribution in [0.25, 0.3) is 0 Å². The number of ether oxygens (including phenoxy) is 3. The van der Waals surface area contributed by atoms with Crippen LogP contribution >= 0.6 is 7.82 Å². The number of hydrogen-bond donors (Lipinski definition) is 2. The molecule has 0 radical (unpaired) electrons. The Balaban J connectivity index is 4.79. The lowest BCUT2D eigenvalue weighted by atomic mass is 10.1. The van der Waals surface area contributed by atoms with E-state index in [9.17, 15) is 28.9 Å². The summed E-state index contributed by atoms with van der Waals surface area (Å²) in [5.41, 5.74) is 0. The fourth-order valence-corrected chi connectivity index (χ4v) is 8.82. The summed E-state index contributed by atoms with van der Waals surface area (Å²) in [4.78, 5) is 48.8. The van der Waals surface area contributed by atoms with Gasteiger partial charge in [-0.2, -0.15) is 0 Å². The second-order valence-electron chi connectivity index (χ2n) is 20.4. The van der Waals surface area contributed by atoms with Gasteiger partial charge in [-0.05, 0) is 135 Å². The molecule has 0 fully saturated rings. The van der Waals surface area contributed by atoms with Crippen molar-refractivity contribution >= 4 is 25.7 Å². The normalized spacial score (nSPS) is 14.3. The fraction of sp³-hybridized carbons (Fsp3) is 0.614. The molecule has 0 bridgehead atoms. The molecular formula is C70H113O11P. The number of phosphoric acid groups is 1. The van der Waals surface area contributed by atoms with Crippen molar-refractivity contribution in [2.75, 3.05) is 26.4 Å². The van der Waals surface area contributed by atoms with Crippen molar-refractivity contribution in [1.29, 1.82) is 0 Å². The van der Waals surface area contributed by atoms with E-state index in [0.717, 1.165) is 180 Å². The van der Waals surface area contributed by atoms with Crippen LogP contribution in [0.5, 0.6) is 0 Å². The Kier molecular flexibility index (Phi) is 58.9. The molecule has 3 unspecified atom stereocenters. The third-order valence-corrected chi connectivity index (χ3v) is 13.7. The summed E-state index contributed by atoms with van der Waals surface area (Å²) in [5, 5.41) is 9.86. The Morgan fingerprint density at radius 1 is 0.341 bits per heavy atom. The summed E-state index contributed by atoms with van der Waals surface area (Å²) in [6.07, 6.45) is 80.7. The van der Waals surface area contributed by atoms with Crippen molar-refractivity contribution in [3.63, 3.8) is 0 Å². The number of allylic oxidation sites excluding steroid dienone is 24. The van der Waals surface area contributed by atoms with Gasteiger partial charge < -0.3 is 24.2 Å². The molecule has 464 valence electrons. The fourth-order valence-electron chi connectivity index (χ4n) is 8.03. The second kappa shape index (κ2) is 62.4. The average molecular weight is 1160 g/mol. The van der Waals surface area contributed by atoms with Gasteiger partial charge in [0.15, 0.2) is 6.10 Å². The molecule has 0 aromatic rings. The van der Waals surface area contributed by atoms with Gasteiger partial charge in [-0.15, -0.1) is 0 Å². The molecule has 12 heteroatoms. The Hall–Kier alpha value is -4.64. The van der Waals surface area contributed by atoms with Crippen molar-refractivity contribution in [2.45, 2.75) is 251 Å². The molecule has 0 aliphatic rings. The second-order valence-corrected chi connectivity index (χ2v) is 21.9. The van der Waals surface area contributed by atoms with Crippen molar-refractivity contribution < 1.29 is 52.2 Å². The molecule has 82 heavy (non-hydrogen) atoms. The molecule has 0 aromatic carbocycles. The van der Waals surface area contributed by atoms with Crippen LogP contribution in [0.15, 0.2) is 146 Å². The predicted octanol–water partition coefficient (Wildman–Crippen LogP) is 19.5. The highest BCUT2D eigenvalue weighted by Gasteiger charge is 2.28. The first kappa shape index (κ1) is 77.4. The van der Waals surface area contributed by atoms with E-state index >= 15 is 0 Å². The smallest absolute Gasteiger partial charge is 0.462 e. The number of hydrogen-bond acceptors (Lipinski definition) is 10. The van der Waals surface area contributed by atoms with Gasteiger partial charge in [0.25, 0.3) is 0 Å². The van der Waals surface area contributed by atoms with Crippen molar-refractivity contribution in [2.24, 2.45) is 0 Å². The maximum Gasteiger partial charge on any atom is 0.472 e. The Morgan fingerprint density at radius 2 is 0.598 bits per heavy atom. The molecule has 0 saturated heterocycles. The van der Waals surface area contributed by atoms with Crippen LogP contribution in [0.4, 0.5) is 0 Å². The van der Waals surface area contributed by atoms with E-state index in [-0.39, 0.29) is 25.9 Å². The highest BCUT2D eigenvalue weighted by molar-refractivity contribution is 7.47. The molecule has 0 aliphatic heterocycles. The number of rotatable bonds is 57. The molecule has 0 aromatic heterocycles. The lowest BCUT2D eigenvalue weighted by Gasteiger charge is -2.21. The number of unbranched alkanes of at least 4 members (excludes halogenated alkanes) is 16. The van der Waals surface area contributed by atoms with Crippen molar-refractivity contribution in [3.05, 3.63) is 146 Å². The maximum absolute atomic E-state index is 13.0. The van der Waals surface area contributed by atoms with Crippen molar-refractivity contribution in [3.8, 4) is 0 Å². The third-order valence-electron chi connectivity index (χ3n) is 12.7. The van der Waals surface area contributed by atoms with E-state index < -0.39 is 57.8 Å². The number of carbonyl (C=O) groups excluding carboxylic acids is 3. The molecule has 0 saturated carbocycles. The van der Waals surface area contributed by atoms with Gasteiger partial charge in [-0.1, -0.05) is 231 Å². The third kappa shape index (κ3) is 60.0. The van der Waals surface area contributed by atoms with Crippen LogP contribution in [0.1, 0.15) is 239 Å². The first-order valence-electron chi connectivity index (χ1n) is 31.7. The topological polar surface area (TPSA) is 155 Å². The summed E-state index contributed by atoms with van der Waals surface area (Å²) in [5.74, 6) is -1.54. The van der Waals surface area contributed by atoms with E-state index in [2.05, 4.69) is 167 Å². The Bertz CT molecular complexity index is 1930. The van der Waals surface area contributed by atoms with Crippen LogP contribution in [0.2, 0.25) is 0 Å². The molecule has 0 amide bonds. The molecule has 11 nitrogen and oxygen atoms in total. The van der Waals surface area contributed by atoms with E-state index in [4.69, 9.17) is 23.3 Å². The summed E-state index contributed by atoms with van der Waals surface area (Å²) in [7, 11) is -4.78. The largest absolute Gasteiger partial charge is 0.472 e. The van der Waals surface area contributed by atoms with Crippen molar-refractivity contribution in [1.82, 2.24) is 0 Å². The van der Waals surface area contributed by atoms with E-state index in [1.165, 1.54) is 0 Å². The molecule has 3 atom stereocenters. The number of carbonyl (C=O) groups is 3. The number of esters is 3. The lowest BCUT2D eigenvalue weighted by molar-refractivity contribution is -0.161. The molecule has 0 heterocycles. The minimum Gasteiger partial charge on any atom is -0.462 e. The molecule has 0 aliphatic carbocycles. The maximum atomic E-state index is 13.0. The number of phosphoric ester groups is 1. The minimum atomic E-state index is -4.78. The average Bonchev–Trinajstić information content (AvgIpc) is 3.47. The molecule has 0 rings (SSSR count). The predicted molar refractivity (Wildman–Crippen MR) is 343 cm³/mol. The van der Waals surface area contributed by atoms with Gasteiger partial charge in [-0.3, -0.25) is 23.4 Å². The zero-order valence-corrected chi connectivity index (χ0v) is 52.3. The first-order valence-corrected chi connectivity index (χ1v) is 33.2. The summed E-state index contributed by atoms with van der Waals surface area (Å²) in [6.45, 7) is 4.25. The highest BCUT2D eigenvalue weighted by atomic mass is 31.2. The van der Waals surface area contributed by atoms with Gasteiger partial charge in [0.1, 0.15) is 12.7 Å². The van der Waals surface area contributed by atoms with Crippen LogP contribution in [-0.4, -0.2) is 66.5 Å². The van der Waals surface area contributed by atoms with E-state index in [1.54, 1.807) is 0 Å². The molecule has 2 N–H and O–H groups in total. The zero-order valence-electron chi connectivity index (χ0n) is 51.4. The summed E-state index contributed by atoms with van der Waals surface area (Å²) >= 11 is 0. The SMILES string of the molecule is CC/C=C\C/C=C\C/C=C\C/C=C\CCCCCCCCC(=O)OC(CO)COP(=O)(O)OCC(COC(=O)CCCCCC/C=C\C/C=C\C/C=C\C/C=C\CC)OC(=O)CCCCCCCC/C=C\C/C=C\C/C=C\C/C=C\CC. The quantitative estimate of drug-likeness (QED) is 0.0197. The Labute approximate surface area is 499 Å². The summed E-state index contributed by atoms with van der Waals surface area (Å²) < 4.78 is 39.7. The minimum absolute atomic E-state index is 0.136. The lowest BCUT2D eigenvalue weighted by Crippen LogP contribution is -2.30. The number of aliphatic hydroxyl groups excluding tert-OH is 1. The van der Waals surface area contributed by atoms with Gasteiger partial charge >= 0.3 is 25.7 Å². The highest BCUT2D eigenvalue weighted by Crippen LogP contribution is 2.43. The number of aliphatic hydroxyl groups is 1. The monoisotopic (exact) mass is 1160 g/mol. The van der Waals surface area contributed by atoms with E-state index in [1.807, 2.05) is 0 Å². The van der Waals surface area contributed by atoms with E-state index in [0.29, 0.717) is 19.3 Å². The van der Waals surface area contributed by atoms with Gasteiger partial charge in [0.2, 0.25) is 0 Å². The molecular weight excluding hydrogens is 1050 g/mol. The van der Waals surface area contributed by atoms with Gasteiger partial charge in [0.05, 0.1) is 19.8 Å². The van der Waals surface area contributed by atoms with Gasteiger partial charge in [-0.25, -0.2) is 4.57 Å². The van der Waals surface area contributed by atoms with Gasteiger partial charge in [0, 0.05) is 19.3 Å². The first-order chi connectivity index (χ1) is 40.2. The zero-order chi connectivity index (χ0) is 59.8. The molecule has 0 spiro atoms. The van der Waals surface area contributed by atoms with Crippen LogP contribution in [0.3, 0.4) is 0 Å². The van der Waals surface area contributed by atoms with Crippen LogP contribution in [-0.2, 0) is 42.2 Å². The van der Waals surface area contributed by atoms with Crippen LogP contribution in [0, 0.1) is 0 Å². The summed E-state index contributed by atoms with van der Waals surface area (Å²) in [6, 6.07) is 0. The standard InChI is InChI=1S/C70H113O11P/c1-4-7-10-13-16-19-22-25-28-31-33-36-39-42-45-48-51-54-57-60-69(73)80-66(62-71)64-78-82(75,76)79-65-67(63-77-68(72)59-56-53-50-47-44-41-38-35-30-27-24-21-18-15-12-9-6-3)81-70(74)61-58-55-52-49-46-43-40-37-34-32-29-26-23-20-17-14-11-8-5-2/h7-12,16-21,25-30,33-34,36-38,41,66-67,71H,4-6,13-15,22-24,31-32,35,39-40,42-65H2,1-3H3,(H,75,76)/b10-7-,11-8-,12-9-,19-16-,20-17-,21-18-,28-25-,29-26-,30-27-,36-33-,37-34-,41-38-. The Morgan fingerprint density at radius 3 is 0.915 bits per heavy atom.